The van der Waals surface area contributed by atoms with Crippen molar-refractivity contribution < 1.29 is 12.8 Å². The minimum absolute atomic E-state index is 0.322. The molecule has 3 aromatic rings. The Morgan fingerprint density at radius 2 is 1.93 bits per heavy atom. The molecule has 0 atom stereocenters. The highest BCUT2D eigenvalue weighted by atomic mass is 35.5. The molecule has 1 aliphatic rings. The Balaban J connectivity index is 1.48. The Bertz CT molecular complexity index is 1050. The Labute approximate surface area is 167 Å². The molecule has 0 unspecified atom stereocenters. The first kappa shape index (κ1) is 18.5. The summed E-state index contributed by atoms with van der Waals surface area (Å²) in [6.07, 6.45) is 1.61. The molecule has 1 aliphatic heterocycles. The van der Waals surface area contributed by atoms with Crippen molar-refractivity contribution in [1.29, 1.82) is 0 Å². The van der Waals surface area contributed by atoms with Gasteiger partial charge in [-0.15, -0.1) is 11.3 Å². The van der Waals surface area contributed by atoms with Gasteiger partial charge in [0.1, 0.15) is 4.21 Å². The van der Waals surface area contributed by atoms with Crippen molar-refractivity contribution in [3.8, 4) is 10.6 Å². The molecule has 4 rings (SSSR count). The van der Waals surface area contributed by atoms with Gasteiger partial charge >= 0.3 is 0 Å². The second-order valence-electron chi connectivity index (χ2n) is 6.23. The molecule has 2 aromatic heterocycles. The topological polar surface area (TPSA) is 66.7 Å². The van der Waals surface area contributed by atoms with Crippen LogP contribution in [-0.2, 0) is 10.0 Å². The lowest BCUT2D eigenvalue weighted by atomic mass is 10.2. The number of thiophene rings is 1. The summed E-state index contributed by atoms with van der Waals surface area (Å²) in [7, 11) is -3.52. The maximum absolute atomic E-state index is 13.0. The van der Waals surface area contributed by atoms with Gasteiger partial charge in [-0.2, -0.15) is 4.31 Å². The second-order valence-corrected chi connectivity index (χ2v) is 9.92. The molecule has 6 nitrogen and oxygen atoms in total. The molecule has 3 heterocycles. The summed E-state index contributed by atoms with van der Waals surface area (Å²) in [5, 5.41) is 0.677. The van der Waals surface area contributed by atoms with Gasteiger partial charge in [0.2, 0.25) is 0 Å². The fourth-order valence-electron chi connectivity index (χ4n) is 3.05. The largest absolute Gasteiger partial charge is 0.440 e. The van der Waals surface area contributed by atoms with E-state index in [2.05, 4.69) is 9.88 Å². The van der Waals surface area contributed by atoms with Crippen LogP contribution in [0.3, 0.4) is 0 Å². The van der Waals surface area contributed by atoms with Crippen LogP contribution in [0.5, 0.6) is 0 Å². The molecule has 0 radical (unpaired) electrons. The van der Waals surface area contributed by atoms with Crippen LogP contribution < -0.4 is 4.90 Å². The number of piperazine rings is 1. The van der Waals surface area contributed by atoms with E-state index in [0.717, 1.165) is 10.6 Å². The van der Waals surface area contributed by atoms with Crippen LogP contribution in [0.15, 0.2) is 51.2 Å². The summed E-state index contributed by atoms with van der Waals surface area (Å²) in [6, 6.07) is 11.0. The maximum Gasteiger partial charge on any atom is 0.252 e. The fourth-order valence-corrected chi connectivity index (χ4v) is 6.07. The molecule has 142 valence electrons. The third kappa shape index (κ3) is 3.75. The average molecular weight is 424 g/mol. The van der Waals surface area contributed by atoms with Crippen molar-refractivity contribution in [3.63, 3.8) is 0 Å². The summed E-state index contributed by atoms with van der Waals surface area (Å²) < 4.78 is 33.3. The van der Waals surface area contributed by atoms with Crippen LogP contribution in [0.1, 0.15) is 5.89 Å². The standard InChI is InChI=1S/C18H18ClN3O3S2/c1-13-20-12-16(25-13)17-5-6-18(26-17)27(23,24)22-9-7-21(8-10-22)15-4-2-3-14(19)11-15/h2-6,11-12H,7-10H2,1H3. The number of hydrogen-bond acceptors (Lipinski definition) is 6. The molecule has 0 N–H and O–H groups in total. The molecule has 1 fully saturated rings. The minimum atomic E-state index is -3.52. The Kier molecular flexibility index (Phi) is 4.98. The second kappa shape index (κ2) is 7.27. The number of aryl methyl sites for hydroxylation is 1. The van der Waals surface area contributed by atoms with Crippen molar-refractivity contribution in [2.75, 3.05) is 31.1 Å². The summed E-state index contributed by atoms with van der Waals surface area (Å²) in [5.41, 5.74) is 1.01. The van der Waals surface area contributed by atoms with Crippen LogP contribution in [0.4, 0.5) is 5.69 Å². The molecular formula is C18H18ClN3O3S2. The lowest BCUT2D eigenvalue weighted by Gasteiger charge is -2.35. The summed E-state index contributed by atoms with van der Waals surface area (Å²) in [4.78, 5) is 6.97. The van der Waals surface area contributed by atoms with Gasteiger partial charge in [0.25, 0.3) is 10.0 Å². The Morgan fingerprint density at radius 3 is 2.59 bits per heavy atom. The Morgan fingerprint density at radius 1 is 1.15 bits per heavy atom. The van der Waals surface area contributed by atoms with Gasteiger partial charge < -0.3 is 9.32 Å². The quantitative estimate of drug-likeness (QED) is 0.637. The number of halogens is 1. The highest BCUT2D eigenvalue weighted by Crippen LogP contribution is 2.33. The van der Waals surface area contributed by atoms with E-state index in [1.807, 2.05) is 24.3 Å². The highest BCUT2D eigenvalue weighted by Gasteiger charge is 2.30. The number of nitrogens with zero attached hydrogens (tertiary/aromatic N) is 3. The third-order valence-electron chi connectivity index (χ3n) is 4.45. The molecule has 1 aromatic carbocycles. The van der Waals surface area contributed by atoms with E-state index in [1.165, 1.54) is 15.6 Å². The van der Waals surface area contributed by atoms with Crippen LogP contribution >= 0.6 is 22.9 Å². The minimum Gasteiger partial charge on any atom is -0.440 e. The van der Waals surface area contributed by atoms with E-state index >= 15 is 0 Å². The van der Waals surface area contributed by atoms with Gasteiger partial charge in [-0.25, -0.2) is 13.4 Å². The maximum atomic E-state index is 13.0. The van der Waals surface area contributed by atoms with Crippen molar-refractivity contribution in [2.24, 2.45) is 0 Å². The van der Waals surface area contributed by atoms with E-state index in [-0.39, 0.29) is 0 Å². The van der Waals surface area contributed by atoms with E-state index in [1.54, 1.807) is 25.3 Å². The monoisotopic (exact) mass is 423 g/mol. The molecule has 0 bridgehead atoms. The molecule has 27 heavy (non-hydrogen) atoms. The molecule has 0 aliphatic carbocycles. The van der Waals surface area contributed by atoms with Crippen LogP contribution in [-0.4, -0.2) is 43.9 Å². The smallest absolute Gasteiger partial charge is 0.252 e. The van der Waals surface area contributed by atoms with Gasteiger partial charge in [0, 0.05) is 43.8 Å². The molecule has 0 amide bonds. The van der Waals surface area contributed by atoms with Crippen LogP contribution in [0.25, 0.3) is 10.6 Å². The van der Waals surface area contributed by atoms with Gasteiger partial charge in [-0.05, 0) is 30.3 Å². The number of aromatic nitrogens is 1. The number of rotatable bonds is 4. The van der Waals surface area contributed by atoms with E-state index in [0.29, 0.717) is 47.1 Å². The first-order valence-electron chi connectivity index (χ1n) is 8.47. The van der Waals surface area contributed by atoms with E-state index in [9.17, 15) is 8.42 Å². The predicted octanol–water partition coefficient (Wildman–Crippen LogP) is 3.88. The number of benzene rings is 1. The molecule has 1 saturated heterocycles. The lowest BCUT2D eigenvalue weighted by Crippen LogP contribution is -2.48. The highest BCUT2D eigenvalue weighted by molar-refractivity contribution is 7.91. The van der Waals surface area contributed by atoms with Crippen LogP contribution in [0.2, 0.25) is 5.02 Å². The van der Waals surface area contributed by atoms with Gasteiger partial charge in [-0.1, -0.05) is 17.7 Å². The van der Waals surface area contributed by atoms with Gasteiger partial charge in [0.05, 0.1) is 11.1 Å². The molecular weight excluding hydrogens is 406 g/mol. The molecule has 0 spiro atoms. The average Bonchev–Trinajstić information content (AvgIpc) is 3.31. The van der Waals surface area contributed by atoms with E-state index < -0.39 is 10.0 Å². The SMILES string of the molecule is Cc1ncc(-c2ccc(S(=O)(=O)N3CCN(c4cccc(Cl)c4)CC3)s2)o1. The number of hydrogen-bond donors (Lipinski definition) is 0. The summed E-state index contributed by atoms with van der Waals surface area (Å²) in [5.74, 6) is 1.14. The first-order valence-corrected chi connectivity index (χ1v) is 11.1. The zero-order chi connectivity index (χ0) is 19.0. The zero-order valence-corrected chi connectivity index (χ0v) is 17.0. The zero-order valence-electron chi connectivity index (χ0n) is 14.6. The van der Waals surface area contributed by atoms with Gasteiger partial charge in [-0.3, -0.25) is 0 Å². The third-order valence-corrected chi connectivity index (χ3v) is 8.15. The van der Waals surface area contributed by atoms with Gasteiger partial charge in [0.15, 0.2) is 11.7 Å². The molecule has 9 heteroatoms. The Hall–Kier alpha value is -1.87. The fraction of sp³-hybridized carbons (Fsp3) is 0.278. The van der Waals surface area contributed by atoms with Crippen molar-refractivity contribution in [2.45, 2.75) is 11.1 Å². The summed E-state index contributed by atoms with van der Waals surface area (Å²) in [6.45, 7) is 3.87. The number of sulfonamides is 1. The van der Waals surface area contributed by atoms with E-state index in [4.69, 9.17) is 16.0 Å². The van der Waals surface area contributed by atoms with Crippen molar-refractivity contribution >= 4 is 38.6 Å². The lowest BCUT2D eigenvalue weighted by molar-refractivity contribution is 0.386. The number of anilines is 1. The van der Waals surface area contributed by atoms with Crippen LogP contribution in [0, 0.1) is 6.92 Å². The van der Waals surface area contributed by atoms with Crippen molar-refractivity contribution in [3.05, 3.63) is 53.5 Å². The number of oxazole rings is 1. The summed E-state index contributed by atoms with van der Waals surface area (Å²) >= 11 is 7.26. The molecule has 0 saturated carbocycles. The first-order chi connectivity index (χ1) is 12.9. The predicted molar refractivity (Wildman–Crippen MR) is 107 cm³/mol. The van der Waals surface area contributed by atoms with Crippen molar-refractivity contribution in [1.82, 2.24) is 9.29 Å². The normalized spacial score (nSPS) is 16.0.